The van der Waals surface area contributed by atoms with Crippen molar-refractivity contribution < 1.29 is 13.2 Å². The molecule has 0 unspecified atom stereocenters. The highest BCUT2D eigenvalue weighted by Crippen LogP contribution is 2.22. The van der Waals surface area contributed by atoms with Crippen LogP contribution in [0.4, 0.5) is 5.69 Å². The maximum atomic E-state index is 12.4. The molecule has 0 aromatic heterocycles. The first-order chi connectivity index (χ1) is 8.82. The smallest absolute Gasteiger partial charge is 0.243 e. The summed E-state index contributed by atoms with van der Waals surface area (Å²) in [6.07, 6.45) is 0. The Morgan fingerprint density at radius 3 is 2.47 bits per heavy atom. The highest BCUT2D eigenvalue weighted by molar-refractivity contribution is 7.89. The SMILES string of the molecule is CCNc1ccccc1S(=O)(=O)NC(C)(C)COC. The molecule has 6 heteroatoms. The Balaban J connectivity index is 3.07. The van der Waals surface area contributed by atoms with Gasteiger partial charge in [-0.3, -0.25) is 0 Å². The molecule has 0 fully saturated rings. The number of rotatable bonds is 7. The van der Waals surface area contributed by atoms with Crippen LogP contribution in [-0.2, 0) is 14.8 Å². The zero-order valence-electron chi connectivity index (χ0n) is 11.9. The summed E-state index contributed by atoms with van der Waals surface area (Å²) in [5.41, 5.74) is -0.0573. The standard InChI is InChI=1S/C13H22N2O3S/c1-5-14-11-8-6-7-9-12(11)19(16,17)15-13(2,3)10-18-4/h6-9,14-15H,5,10H2,1-4H3. The second kappa shape index (κ2) is 6.36. The first-order valence-corrected chi connectivity index (χ1v) is 7.66. The molecule has 0 spiro atoms. The average Bonchev–Trinajstić information content (AvgIpc) is 2.28. The molecule has 0 saturated heterocycles. The van der Waals surface area contributed by atoms with Gasteiger partial charge in [-0.2, -0.15) is 0 Å². The number of nitrogens with one attached hydrogen (secondary N) is 2. The van der Waals surface area contributed by atoms with Gasteiger partial charge in [0.1, 0.15) is 4.90 Å². The van der Waals surface area contributed by atoms with Crippen LogP contribution in [0.15, 0.2) is 29.2 Å². The fourth-order valence-electron chi connectivity index (χ4n) is 1.85. The lowest BCUT2D eigenvalue weighted by atomic mass is 10.1. The first-order valence-electron chi connectivity index (χ1n) is 6.18. The van der Waals surface area contributed by atoms with E-state index in [0.717, 1.165) is 0 Å². The quantitative estimate of drug-likeness (QED) is 0.802. The number of hydrogen-bond acceptors (Lipinski definition) is 4. The number of hydrogen-bond donors (Lipinski definition) is 2. The minimum atomic E-state index is -3.59. The van der Waals surface area contributed by atoms with Gasteiger partial charge in [0, 0.05) is 13.7 Å². The highest BCUT2D eigenvalue weighted by atomic mass is 32.2. The molecule has 0 aliphatic heterocycles. The highest BCUT2D eigenvalue weighted by Gasteiger charge is 2.27. The molecule has 0 aliphatic rings. The number of ether oxygens (including phenoxy) is 1. The van der Waals surface area contributed by atoms with Crippen LogP contribution in [0.1, 0.15) is 20.8 Å². The minimum Gasteiger partial charge on any atom is -0.384 e. The molecule has 0 atom stereocenters. The molecule has 5 nitrogen and oxygen atoms in total. The fourth-order valence-corrected chi connectivity index (χ4v) is 3.43. The molecule has 1 aromatic rings. The van der Waals surface area contributed by atoms with E-state index in [4.69, 9.17) is 4.74 Å². The third-order valence-corrected chi connectivity index (χ3v) is 4.22. The average molecular weight is 286 g/mol. The van der Waals surface area contributed by atoms with Crippen molar-refractivity contribution in [1.29, 1.82) is 0 Å². The monoisotopic (exact) mass is 286 g/mol. The van der Waals surface area contributed by atoms with Crippen LogP contribution in [0.5, 0.6) is 0 Å². The van der Waals surface area contributed by atoms with Crippen LogP contribution in [0.25, 0.3) is 0 Å². The maximum Gasteiger partial charge on any atom is 0.243 e. The van der Waals surface area contributed by atoms with E-state index in [1.807, 2.05) is 6.92 Å². The van der Waals surface area contributed by atoms with Gasteiger partial charge >= 0.3 is 0 Å². The Bertz CT molecular complexity index is 512. The van der Waals surface area contributed by atoms with E-state index in [2.05, 4.69) is 10.0 Å². The Labute approximate surface area is 115 Å². The van der Waals surface area contributed by atoms with Crippen molar-refractivity contribution in [2.75, 3.05) is 25.6 Å². The van der Waals surface area contributed by atoms with Crippen LogP contribution in [0.3, 0.4) is 0 Å². The van der Waals surface area contributed by atoms with Crippen molar-refractivity contribution in [3.63, 3.8) is 0 Å². The number of anilines is 1. The van der Waals surface area contributed by atoms with Crippen molar-refractivity contribution in [2.24, 2.45) is 0 Å². The van der Waals surface area contributed by atoms with Crippen LogP contribution < -0.4 is 10.0 Å². The van der Waals surface area contributed by atoms with Crippen LogP contribution in [0, 0.1) is 0 Å². The Morgan fingerprint density at radius 1 is 1.26 bits per heavy atom. The van der Waals surface area contributed by atoms with Crippen molar-refractivity contribution in [3.8, 4) is 0 Å². The summed E-state index contributed by atoms with van der Waals surface area (Å²) in [6, 6.07) is 6.85. The number of methoxy groups -OCH3 is 1. The van der Waals surface area contributed by atoms with Gasteiger partial charge in [-0.05, 0) is 32.9 Å². The molecule has 1 rings (SSSR count). The predicted molar refractivity (Wildman–Crippen MR) is 76.9 cm³/mol. The molecule has 0 heterocycles. The Hall–Kier alpha value is -1.11. The molecular formula is C13H22N2O3S. The van der Waals surface area contributed by atoms with Crippen molar-refractivity contribution in [3.05, 3.63) is 24.3 Å². The lowest BCUT2D eigenvalue weighted by Crippen LogP contribution is -2.46. The summed E-state index contributed by atoms with van der Waals surface area (Å²) in [5, 5.41) is 3.05. The van der Waals surface area contributed by atoms with E-state index < -0.39 is 15.6 Å². The summed E-state index contributed by atoms with van der Waals surface area (Å²) in [7, 11) is -2.04. The third-order valence-electron chi connectivity index (χ3n) is 2.46. The number of para-hydroxylation sites is 1. The zero-order chi connectivity index (χ0) is 14.5. The fraction of sp³-hybridized carbons (Fsp3) is 0.538. The summed E-state index contributed by atoms with van der Waals surface area (Å²) in [6.45, 7) is 6.45. The summed E-state index contributed by atoms with van der Waals surface area (Å²) in [5.74, 6) is 0. The second-order valence-corrected chi connectivity index (χ2v) is 6.60. The zero-order valence-corrected chi connectivity index (χ0v) is 12.7. The molecule has 0 saturated carbocycles. The van der Waals surface area contributed by atoms with Crippen molar-refractivity contribution in [2.45, 2.75) is 31.2 Å². The lowest BCUT2D eigenvalue weighted by Gasteiger charge is -2.25. The van der Waals surface area contributed by atoms with Gasteiger partial charge < -0.3 is 10.1 Å². The van der Waals surface area contributed by atoms with Crippen LogP contribution >= 0.6 is 0 Å². The van der Waals surface area contributed by atoms with E-state index in [-0.39, 0.29) is 4.90 Å². The predicted octanol–water partition coefficient (Wildman–Crippen LogP) is 1.82. The normalized spacial score (nSPS) is 12.4. The minimum absolute atomic E-state index is 0.251. The molecule has 19 heavy (non-hydrogen) atoms. The maximum absolute atomic E-state index is 12.4. The van der Waals surface area contributed by atoms with E-state index in [1.165, 1.54) is 0 Å². The van der Waals surface area contributed by atoms with Gasteiger partial charge in [-0.25, -0.2) is 13.1 Å². The lowest BCUT2D eigenvalue weighted by molar-refractivity contribution is 0.141. The summed E-state index contributed by atoms with van der Waals surface area (Å²) >= 11 is 0. The van der Waals surface area contributed by atoms with Gasteiger partial charge in [-0.1, -0.05) is 12.1 Å². The molecular weight excluding hydrogens is 264 g/mol. The second-order valence-electron chi connectivity index (χ2n) is 4.95. The Morgan fingerprint density at radius 2 is 1.89 bits per heavy atom. The third kappa shape index (κ3) is 4.49. The molecule has 0 amide bonds. The van der Waals surface area contributed by atoms with Crippen LogP contribution in [-0.4, -0.2) is 34.2 Å². The van der Waals surface area contributed by atoms with Gasteiger partial charge in [0.15, 0.2) is 0 Å². The molecule has 2 N–H and O–H groups in total. The van der Waals surface area contributed by atoms with Crippen LogP contribution in [0.2, 0.25) is 0 Å². The van der Waals surface area contributed by atoms with Crippen molar-refractivity contribution in [1.82, 2.24) is 4.72 Å². The Kier molecular flexibility index (Phi) is 5.34. The van der Waals surface area contributed by atoms with E-state index in [0.29, 0.717) is 18.8 Å². The molecule has 0 aliphatic carbocycles. The number of benzene rings is 1. The van der Waals surface area contributed by atoms with Gasteiger partial charge in [0.2, 0.25) is 10.0 Å². The van der Waals surface area contributed by atoms with Gasteiger partial charge in [0.05, 0.1) is 17.8 Å². The van der Waals surface area contributed by atoms with Crippen molar-refractivity contribution >= 4 is 15.7 Å². The molecule has 0 bridgehead atoms. The number of sulfonamides is 1. The molecule has 0 radical (unpaired) electrons. The molecule has 108 valence electrons. The van der Waals surface area contributed by atoms with E-state index in [1.54, 1.807) is 45.2 Å². The topological polar surface area (TPSA) is 67.4 Å². The largest absolute Gasteiger partial charge is 0.384 e. The van der Waals surface area contributed by atoms with E-state index in [9.17, 15) is 8.42 Å². The summed E-state index contributed by atoms with van der Waals surface area (Å²) < 4.78 is 32.5. The van der Waals surface area contributed by atoms with E-state index >= 15 is 0 Å². The summed E-state index contributed by atoms with van der Waals surface area (Å²) in [4.78, 5) is 0.251. The van der Waals surface area contributed by atoms with Gasteiger partial charge in [0.25, 0.3) is 0 Å². The van der Waals surface area contributed by atoms with Gasteiger partial charge in [-0.15, -0.1) is 0 Å². The first kappa shape index (κ1) is 15.9. The molecule has 1 aromatic carbocycles.